The van der Waals surface area contributed by atoms with E-state index in [4.69, 9.17) is 28.9 Å². The van der Waals surface area contributed by atoms with E-state index in [-0.39, 0.29) is 5.69 Å². The zero-order valence-corrected chi connectivity index (χ0v) is 12.7. The number of aryl methyl sites for hydroxylation is 1. The molecule has 126 valence electrons. The molecule has 0 saturated heterocycles. The lowest BCUT2D eigenvalue weighted by molar-refractivity contribution is -0.138. The highest BCUT2D eigenvalue weighted by molar-refractivity contribution is 6.38. The fourth-order valence-electron chi connectivity index (χ4n) is 2.00. The molecule has 2 aromatic rings. The predicted molar refractivity (Wildman–Crippen MR) is 72.7 cm³/mol. The third kappa shape index (κ3) is 3.20. The van der Waals surface area contributed by atoms with Gasteiger partial charge in [0.1, 0.15) is 17.1 Å². The lowest BCUT2D eigenvalue weighted by atomic mass is 10.2. The van der Waals surface area contributed by atoms with Gasteiger partial charge in [0, 0.05) is 0 Å². The highest BCUT2D eigenvalue weighted by Crippen LogP contribution is 2.41. The minimum absolute atomic E-state index is 0.363. The van der Waals surface area contributed by atoms with Crippen molar-refractivity contribution < 1.29 is 26.3 Å². The summed E-state index contributed by atoms with van der Waals surface area (Å²) in [6.07, 6.45) is -9.49. The van der Waals surface area contributed by atoms with Crippen molar-refractivity contribution in [2.24, 2.45) is 0 Å². The van der Waals surface area contributed by atoms with E-state index in [1.807, 2.05) is 0 Å². The maximum absolute atomic E-state index is 12.9. The van der Waals surface area contributed by atoms with E-state index in [2.05, 4.69) is 5.10 Å². The molecule has 11 heteroatoms. The van der Waals surface area contributed by atoms with Gasteiger partial charge in [-0.1, -0.05) is 23.2 Å². The van der Waals surface area contributed by atoms with Gasteiger partial charge < -0.3 is 5.73 Å². The molecule has 1 heterocycles. The van der Waals surface area contributed by atoms with Crippen LogP contribution in [0.3, 0.4) is 0 Å². The van der Waals surface area contributed by atoms with Crippen LogP contribution in [0.15, 0.2) is 12.1 Å². The molecule has 0 bridgehead atoms. The summed E-state index contributed by atoms with van der Waals surface area (Å²) >= 11 is 11.5. The van der Waals surface area contributed by atoms with Crippen molar-refractivity contribution >= 4 is 29.0 Å². The fraction of sp³-hybridized carbons (Fsp3) is 0.250. The van der Waals surface area contributed by atoms with Gasteiger partial charge in [-0.3, -0.25) is 0 Å². The maximum atomic E-state index is 12.9. The number of nitrogen functional groups attached to an aromatic ring is 1. The molecule has 0 saturated carbocycles. The van der Waals surface area contributed by atoms with Crippen molar-refractivity contribution in [3.8, 4) is 5.69 Å². The molecule has 1 aromatic heterocycles. The van der Waals surface area contributed by atoms with E-state index in [1.54, 1.807) is 0 Å². The first kappa shape index (κ1) is 17.7. The molecule has 0 amide bonds. The monoisotopic (exact) mass is 377 g/mol. The normalized spacial score (nSPS) is 12.7. The third-order valence-electron chi connectivity index (χ3n) is 2.94. The minimum Gasteiger partial charge on any atom is -0.383 e. The van der Waals surface area contributed by atoms with Crippen LogP contribution in [0.5, 0.6) is 0 Å². The summed E-state index contributed by atoms with van der Waals surface area (Å²) < 4.78 is 77.3. The smallest absolute Gasteiger partial charge is 0.383 e. The molecule has 0 unspecified atom stereocenters. The first-order valence-corrected chi connectivity index (χ1v) is 6.58. The Bertz CT molecular complexity index is 740. The summed E-state index contributed by atoms with van der Waals surface area (Å²) in [5.41, 5.74) is 2.26. The number of benzene rings is 1. The van der Waals surface area contributed by atoms with Gasteiger partial charge in [-0.15, -0.1) is 0 Å². The Morgan fingerprint density at radius 3 is 1.83 bits per heavy atom. The van der Waals surface area contributed by atoms with Gasteiger partial charge in [-0.25, -0.2) is 4.68 Å². The number of nitrogens with two attached hydrogens (primary N) is 1. The average molecular weight is 378 g/mol. The molecule has 0 aliphatic heterocycles. The fourth-order valence-corrected chi connectivity index (χ4v) is 2.64. The van der Waals surface area contributed by atoms with Crippen molar-refractivity contribution in [2.45, 2.75) is 19.3 Å². The van der Waals surface area contributed by atoms with E-state index in [1.165, 1.54) is 0 Å². The number of hydrogen-bond donors (Lipinski definition) is 1. The Morgan fingerprint density at radius 2 is 1.48 bits per heavy atom. The lowest BCUT2D eigenvalue weighted by Gasteiger charge is -2.13. The van der Waals surface area contributed by atoms with Crippen LogP contribution in [0.4, 0.5) is 32.2 Å². The number of anilines is 1. The molecule has 2 rings (SSSR count). The van der Waals surface area contributed by atoms with E-state index in [0.29, 0.717) is 16.8 Å². The molecular weight excluding hydrogens is 371 g/mol. The summed E-state index contributed by atoms with van der Waals surface area (Å²) in [5.74, 6) is -0.821. The number of nitrogens with zero attached hydrogens (tertiary/aromatic N) is 2. The summed E-state index contributed by atoms with van der Waals surface area (Å²) in [7, 11) is 0. The molecule has 0 aliphatic carbocycles. The van der Waals surface area contributed by atoms with Crippen molar-refractivity contribution in [3.63, 3.8) is 0 Å². The van der Waals surface area contributed by atoms with Crippen molar-refractivity contribution in [2.75, 3.05) is 5.73 Å². The SMILES string of the molecule is Cc1nn(-c2c(Cl)cc(C(F)(F)F)cc2Cl)c(N)c1C(F)(F)F. The van der Waals surface area contributed by atoms with Crippen LogP contribution in [-0.4, -0.2) is 9.78 Å². The number of rotatable bonds is 1. The van der Waals surface area contributed by atoms with E-state index in [9.17, 15) is 26.3 Å². The van der Waals surface area contributed by atoms with Crippen LogP contribution in [0.2, 0.25) is 10.0 Å². The Labute approximate surface area is 135 Å². The number of halogens is 8. The van der Waals surface area contributed by atoms with E-state index in [0.717, 1.165) is 6.92 Å². The van der Waals surface area contributed by atoms with Crippen molar-refractivity contribution in [3.05, 3.63) is 39.0 Å². The zero-order valence-electron chi connectivity index (χ0n) is 11.2. The van der Waals surface area contributed by atoms with Gasteiger partial charge >= 0.3 is 12.4 Å². The second kappa shape index (κ2) is 5.48. The Morgan fingerprint density at radius 1 is 1.00 bits per heavy atom. The van der Waals surface area contributed by atoms with Gasteiger partial charge in [0.15, 0.2) is 0 Å². The highest BCUT2D eigenvalue weighted by atomic mass is 35.5. The molecule has 0 fully saturated rings. The molecule has 0 aliphatic rings. The number of hydrogen-bond acceptors (Lipinski definition) is 2. The largest absolute Gasteiger partial charge is 0.421 e. The summed E-state index contributed by atoms with van der Waals surface area (Å²) in [5, 5.41) is 2.51. The molecule has 0 spiro atoms. The molecule has 0 atom stereocenters. The number of aromatic nitrogens is 2. The van der Waals surface area contributed by atoms with Crippen LogP contribution >= 0.6 is 23.2 Å². The first-order valence-electron chi connectivity index (χ1n) is 5.83. The van der Waals surface area contributed by atoms with Gasteiger partial charge in [0.2, 0.25) is 0 Å². The van der Waals surface area contributed by atoms with Crippen LogP contribution in [0.1, 0.15) is 16.8 Å². The molecule has 23 heavy (non-hydrogen) atoms. The van der Waals surface area contributed by atoms with Crippen molar-refractivity contribution in [1.29, 1.82) is 0 Å². The van der Waals surface area contributed by atoms with Crippen LogP contribution < -0.4 is 5.73 Å². The second-order valence-electron chi connectivity index (χ2n) is 4.54. The van der Waals surface area contributed by atoms with Gasteiger partial charge in [-0.2, -0.15) is 31.4 Å². The van der Waals surface area contributed by atoms with E-state index < -0.39 is 45.0 Å². The van der Waals surface area contributed by atoms with Crippen molar-refractivity contribution in [1.82, 2.24) is 9.78 Å². The van der Waals surface area contributed by atoms with Gasteiger partial charge in [0.05, 0.1) is 21.3 Å². The standard InChI is InChI=1S/C12H7Cl2F6N3/c1-4-8(12(18,19)20)10(21)23(22-4)9-6(13)2-5(3-7(9)14)11(15,16)17/h2-3H,21H2,1H3. The topological polar surface area (TPSA) is 43.8 Å². The van der Waals surface area contributed by atoms with E-state index >= 15 is 0 Å². The Kier molecular flexibility index (Phi) is 4.23. The average Bonchev–Trinajstić information content (AvgIpc) is 2.62. The van der Waals surface area contributed by atoms with Crippen LogP contribution in [0, 0.1) is 6.92 Å². The van der Waals surface area contributed by atoms with Crippen LogP contribution in [0.25, 0.3) is 5.69 Å². The third-order valence-corrected chi connectivity index (χ3v) is 3.51. The van der Waals surface area contributed by atoms with Crippen LogP contribution in [-0.2, 0) is 12.4 Å². The molecule has 2 N–H and O–H groups in total. The molecule has 0 radical (unpaired) electrons. The second-order valence-corrected chi connectivity index (χ2v) is 5.36. The zero-order chi connectivity index (χ0) is 17.7. The molecule has 3 nitrogen and oxygen atoms in total. The Balaban J connectivity index is 2.70. The quantitative estimate of drug-likeness (QED) is 0.702. The molecular formula is C12H7Cl2F6N3. The van der Waals surface area contributed by atoms with Gasteiger partial charge in [-0.05, 0) is 19.1 Å². The lowest BCUT2D eigenvalue weighted by Crippen LogP contribution is -2.11. The molecule has 1 aromatic carbocycles. The first-order chi connectivity index (χ1) is 10.3. The van der Waals surface area contributed by atoms with Gasteiger partial charge in [0.25, 0.3) is 0 Å². The number of alkyl halides is 6. The Hall–Kier alpha value is -1.61. The summed E-state index contributed by atoms with van der Waals surface area (Å²) in [6, 6.07) is 1.07. The minimum atomic E-state index is -4.78. The predicted octanol–water partition coefficient (Wildman–Crippen LogP) is 5.11. The highest BCUT2D eigenvalue weighted by Gasteiger charge is 2.39. The summed E-state index contributed by atoms with van der Waals surface area (Å²) in [6.45, 7) is 1.06. The summed E-state index contributed by atoms with van der Waals surface area (Å²) in [4.78, 5) is 0. The maximum Gasteiger partial charge on any atom is 0.421 e.